The number of carbonyl (C=O) groups excluding carboxylic acids is 1. The number of nitrogens with zero attached hydrogens (tertiary/aromatic N) is 1. The number of nitrogens with two attached hydrogens (primary N) is 1. The molecule has 0 aromatic carbocycles. The first-order valence-electron chi connectivity index (χ1n) is 13.8. The van der Waals surface area contributed by atoms with Crippen molar-refractivity contribution in [1.82, 2.24) is 15.5 Å². The van der Waals surface area contributed by atoms with Gasteiger partial charge in [0, 0.05) is 44.6 Å². The van der Waals surface area contributed by atoms with Crippen molar-refractivity contribution in [3.05, 3.63) is 0 Å². The Hall–Kier alpha value is -0.380. The van der Waals surface area contributed by atoms with Gasteiger partial charge in [0.15, 0.2) is 5.50 Å². The number of morpholine rings is 1. The van der Waals surface area contributed by atoms with Crippen LogP contribution >= 0.6 is 11.8 Å². The molecule has 4 rings (SSSR count). The van der Waals surface area contributed by atoms with Gasteiger partial charge in [-0.1, -0.05) is 45.9 Å². The second-order valence-corrected chi connectivity index (χ2v) is 13.0. The Bertz CT molecular complexity index is 678. The van der Waals surface area contributed by atoms with Crippen molar-refractivity contribution in [2.24, 2.45) is 29.1 Å². The summed E-state index contributed by atoms with van der Waals surface area (Å²) in [6.45, 7) is 15.1. The van der Waals surface area contributed by atoms with E-state index in [-0.39, 0.29) is 29.1 Å². The number of ether oxygens (including phenoxy) is 1. The summed E-state index contributed by atoms with van der Waals surface area (Å²) in [4.78, 5) is 15.4. The molecule has 3 unspecified atom stereocenters. The molecule has 4 fully saturated rings. The Morgan fingerprint density at radius 3 is 2.82 bits per heavy atom. The second-order valence-electron chi connectivity index (χ2n) is 11.6. The van der Waals surface area contributed by atoms with Crippen molar-refractivity contribution >= 4 is 17.7 Å². The second kappa shape index (κ2) is 11.8. The molecule has 0 spiro atoms. The standard InChI is InChI=1S/C26H48N4O3S/c1-5-6-9-28-25-29-22-18(3)21-23(31)19(7-8-26(21,4)16-20(22)34-25)17(2)24(32)27-10-11-30-12-14-33-15-13-30/h17-23,25,28-29,31H,5-16H2,1-4H3,(H,27,32)/p+1/t17-,18-,19-,20?,21+,22?,23-,25?,26+/m0/s1. The maximum atomic E-state index is 13.0. The van der Waals surface area contributed by atoms with Crippen LogP contribution in [-0.2, 0) is 9.53 Å². The lowest BCUT2D eigenvalue weighted by atomic mass is 9.51. The first-order valence-corrected chi connectivity index (χ1v) is 14.8. The van der Waals surface area contributed by atoms with Crippen LogP contribution in [0.3, 0.4) is 0 Å². The van der Waals surface area contributed by atoms with Gasteiger partial charge in [0.1, 0.15) is 6.04 Å². The van der Waals surface area contributed by atoms with E-state index in [4.69, 9.17) is 4.74 Å². The molecule has 2 aliphatic heterocycles. The van der Waals surface area contributed by atoms with Crippen LogP contribution in [0, 0.1) is 29.1 Å². The molecule has 0 aromatic heterocycles. The smallest absolute Gasteiger partial charge is 0.223 e. The van der Waals surface area contributed by atoms with Crippen molar-refractivity contribution in [2.45, 2.75) is 82.7 Å². The first-order chi connectivity index (χ1) is 16.3. The summed E-state index contributed by atoms with van der Waals surface area (Å²) < 4.78 is 5.41. The zero-order valence-corrected chi connectivity index (χ0v) is 22.6. The number of hydrogen-bond donors (Lipinski definition) is 4. The summed E-state index contributed by atoms with van der Waals surface area (Å²) in [5.41, 5.74) is 0.610. The minimum Gasteiger partial charge on any atom is -0.392 e. The number of amides is 1. The molecule has 1 amide bonds. The van der Waals surface area contributed by atoms with Gasteiger partial charge >= 0.3 is 0 Å². The van der Waals surface area contributed by atoms with Crippen molar-refractivity contribution in [1.29, 1.82) is 0 Å². The normalized spacial score (nSPS) is 41.5. The third kappa shape index (κ3) is 5.78. The van der Waals surface area contributed by atoms with Crippen LogP contribution in [0.15, 0.2) is 0 Å². The number of carbonyl (C=O) groups is 1. The maximum Gasteiger partial charge on any atom is 0.223 e. The molecular formula is C26H49N4O3S+. The Morgan fingerprint density at radius 2 is 2.09 bits per heavy atom. The Morgan fingerprint density at radius 1 is 1.32 bits per heavy atom. The third-order valence-electron chi connectivity index (χ3n) is 9.41. The predicted octanol–water partition coefficient (Wildman–Crippen LogP) is 1.22. The zero-order chi connectivity index (χ0) is 24.3. The minimum absolute atomic E-state index is 0.0491. The van der Waals surface area contributed by atoms with Gasteiger partial charge in [0.2, 0.25) is 5.91 Å². The average Bonchev–Trinajstić information content (AvgIpc) is 3.22. The molecule has 196 valence electrons. The molecule has 7 nitrogen and oxygen atoms in total. The van der Waals surface area contributed by atoms with Crippen LogP contribution in [0.5, 0.6) is 0 Å². The monoisotopic (exact) mass is 497 g/mol. The molecule has 2 saturated heterocycles. The molecule has 34 heavy (non-hydrogen) atoms. The molecule has 2 aliphatic carbocycles. The number of aliphatic hydroxyl groups is 1. The average molecular weight is 498 g/mol. The molecule has 5 N–H and O–H groups in total. The van der Waals surface area contributed by atoms with Gasteiger partial charge in [-0.25, -0.2) is 0 Å². The molecule has 0 radical (unpaired) electrons. The highest BCUT2D eigenvalue weighted by molar-refractivity contribution is 8.00. The van der Waals surface area contributed by atoms with Crippen LogP contribution in [0.1, 0.15) is 59.8 Å². The lowest BCUT2D eigenvalue weighted by Crippen LogP contribution is -2.96. The number of fused-ring (bicyclic) bond motifs is 2. The highest BCUT2D eigenvalue weighted by Gasteiger charge is 2.60. The van der Waals surface area contributed by atoms with E-state index in [9.17, 15) is 9.90 Å². The largest absolute Gasteiger partial charge is 0.392 e. The fourth-order valence-corrected chi connectivity index (χ4v) is 9.20. The van der Waals surface area contributed by atoms with E-state index >= 15 is 0 Å². The number of thioether (sulfide) groups is 1. The fourth-order valence-electron chi connectivity index (χ4n) is 7.34. The highest BCUT2D eigenvalue weighted by Crippen LogP contribution is 2.57. The summed E-state index contributed by atoms with van der Waals surface area (Å²) in [6, 6.07) is 0.549. The Kier molecular flexibility index (Phi) is 9.24. The molecular weight excluding hydrogens is 448 g/mol. The van der Waals surface area contributed by atoms with E-state index in [2.05, 4.69) is 53.4 Å². The molecule has 0 aromatic rings. The lowest BCUT2D eigenvalue weighted by Gasteiger charge is -2.55. The summed E-state index contributed by atoms with van der Waals surface area (Å²) in [6.07, 6.45) is 5.29. The number of nitrogens with one attached hydrogen (secondary N) is 2. The third-order valence-corrected chi connectivity index (χ3v) is 10.9. The van der Waals surface area contributed by atoms with Gasteiger partial charge in [-0.15, -0.1) is 0 Å². The van der Waals surface area contributed by atoms with Crippen LogP contribution in [0.25, 0.3) is 0 Å². The van der Waals surface area contributed by atoms with E-state index < -0.39 is 6.10 Å². The van der Waals surface area contributed by atoms with Crippen molar-refractivity contribution in [3.63, 3.8) is 0 Å². The van der Waals surface area contributed by atoms with E-state index in [0.717, 1.165) is 52.2 Å². The highest BCUT2D eigenvalue weighted by atomic mass is 32.2. The molecule has 2 heterocycles. The molecule has 2 saturated carbocycles. The number of aliphatic hydroxyl groups excluding tert-OH is 1. The molecule has 8 heteroatoms. The van der Waals surface area contributed by atoms with E-state index in [1.54, 1.807) is 0 Å². The van der Waals surface area contributed by atoms with E-state index in [1.807, 2.05) is 6.92 Å². The van der Waals surface area contributed by atoms with Crippen LogP contribution in [-0.4, -0.2) is 84.7 Å². The van der Waals surface area contributed by atoms with Gasteiger partial charge in [-0.05, 0) is 42.9 Å². The summed E-state index contributed by atoms with van der Waals surface area (Å²) in [5.74, 6) is 0.712. The summed E-state index contributed by atoms with van der Waals surface area (Å²) >= 11 is 2.11. The maximum absolute atomic E-state index is 13.0. The summed E-state index contributed by atoms with van der Waals surface area (Å²) in [7, 11) is 0. The van der Waals surface area contributed by atoms with Crippen LogP contribution in [0.4, 0.5) is 0 Å². The minimum atomic E-state index is -0.403. The number of hydrogen-bond acceptors (Lipinski definition) is 6. The Balaban J connectivity index is 1.33. The van der Waals surface area contributed by atoms with Crippen LogP contribution < -0.4 is 16.0 Å². The topological polar surface area (TPSA) is 90.4 Å². The van der Waals surface area contributed by atoms with Gasteiger partial charge in [-0.2, -0.15) is 0 Å². The fraction of sp³-hybridized carbons (Fsp3) is 0.962. The van der Waals surface area contributed by atoms with Gasteiger partial charge in [-0.3, -0.25) is 15.0 Å². The van der Waals surface area contributed by atoms with E-state index in [1.165, 1.54) is 19.3 Å². The summed E-state index contributed by atoms with van der Waals surface area (Å²) in [5, 5.41) is 21.7. The SMILES string of the molecule is CCCCNC1[NH2+]C2C(C[C@@]3(C)CC[C@@H]([C@H](C)C(=O)NCCN4CCOCC4)[C@H](O)[C@H]3[C@@H]2C)S1. The van der Waals surface area contributed by atoms with Crippen molar-refractivity contribution < 1.29 is 20.0 Å². The van der Waals surface area contributed by atoms with Gasteiger partial charge in [0.05, 0.1) is 24.6 Å². The number of unbranched alkanes of at least 4 members (excludes halogenated alkanes) is 1. The number of quaternary nitrogens is 1. The Labute approximate surface area is 210 Å². The molecule has 9 atom stereocenters. The lowest BCUT2D eigenvalue weighted by molar-refractivity contribution is -0.707. The van der Waals surface area contributed by atoms with Gasteiger partial charge in [0.25, 0.3) is 0 Å². The van der Waals surface area contributed by atoms with Crippen LogP contribution in [0.2, 0.25) is 0 Å². The van der Waals surface area contributed by atoms with Gasteiger partial charge < -0.3 is 20.5 Å². The quantitative estimate of drug-likeness (QED) is 0.358. The first kappa shape index (κ1) is 26.7. The van der Waals surface area contributed by atoms with Crippen molar-refractivity contribution in [2.75, 3.05) is 45.9 Å². The van der Waals surface area contributed by atoms with Crippen molar-refractivity contribution in [3.8, 4) is 0 Å². The number of rotatable bonds is 9. The predicted molar refractivity (Wildman–Crippen MR) is 137 cm³/mol. The molecule has 4 aliphatic rings. The van der Waals surface area contributed by atoms with E-state index in [0.29, 0.717) is 29.3 Å². The zero-order valence-electron chi connectivity index (χ0n) is 21.8. The molecule has 0 bridgehead atoms.